The molecule has 3 nitrogen and oxygen atoms in total. The van der Waals surface area contributed by atoms with Crippen LogP contribution in [-0.2, 0) is 13.0 Å². The minimum atomic E-state index is 0.927. The van der Waals surface area contributed by atoms with Gasteiger partial charge in [0.2, 0.25) is 0 Å². The number of hydrogen-bond acceptors (Lipinski definition) is 2. The molecule has 0 unspecified atom stereocenters. The Morgan fingerprint density at radius 1 is 0.889 bits per heavy atom. The molecular weight excluding hydrogens is 222 g/mol. The number of aryl methyl sites for hydroxylation is 3. The van der Waals surface area contributed by atoms with Gasteiger partial charge in [-0.3, -0.25) is 0 Å². The van der Waals surface area contributed by atoms with Gasteiger partial charge in [-0.2, -0.15) is 5.10 Å². The van der Waals surface area contributed by atoms with Crippen molar-refractivity contribution in [1.29, 1.82) is 0 Å². The van der Waals surface area contributed by atoms with Gasteiger partial charge in [0, 0.05) is 13.0 Å². The van der Waals surface area contributed by atoms with E-state index in [0.29, 0.717) is 0 Å². The monoisotopic (exact) mass is 251 g/mol. The zero-order valence-electron chi connectivity index (χ0n) is 12.4. The van der Waals surface area contributed by atoms with Gasteiger partial charge in [0.15, 0.2) is 0 Å². The van der Waals surface area contributed by atoms with Crippen molar-refractivity contribution in [1.82, 2.24) is 14.8 Å². The average Bonchev–Trinajstić information content (AvgIpc) is 2.71. The maximum absolute atomic E-state index is 4.56. The lowest BCUT2D eigenvalue weighted by Gasteiger charge is -2.05. The number of rotatable bonds is 10. The van der Waals surface area contributed by atoms with Gasteiger partial charge in [-0.1, -0.05) is 52.4 Å². The fraction of sp³-hybridized carbons (Fsp3) is 0.867. The van der Waals surface area contributed by atoms with Gasteiger partial charge in [-0.15, -0.1) is 0 Å². The van der Waals surface area contributed by atoms with Crippen molar-refractivity contribution in [3.63, 3.8) is 0 Å². The predicted molar refractivity (Wildman–Crippen MR) is 76.7 cm³/mol. The van der Waals surface area contributed by atoms with Gasteiger partial charge in [0.25, 0.3) is 0 Å². The number of aromatic nitrogens is 3. The summed E-state index contributed by atoms with van der Waals surface area (Å²) in [6.45, 7) is 7.54. The lowest BCUT2D eigenvalue weighted by Crippen LogP contribution is -2.06. The lowest BCUT2D eigenvalue weighted by atomic mass is 10.1. The Hall–Kier alpha value is -0.860. The van der Waals surface area contributed by atoms with Crippen LogP contribution in [-0.4, -0.2) is 14.8 Å². The van der Waals surface area contributed by atoms with Crippen LogP contribution in [0.25, 0.3) is 0 Å². The van der Waals surface area contributed by atoms with Crippen molar-refractivity contribution in [3.05, 3.63) is 11.6 Å². The molecule has 1 rings (SSSR count). The summed E-state index contributed by atoms with van der Waals surface area (Å²) in [5, 5.41) is 4.51. The zero-order chi connectivity index (χ0) is 13.2. The standard InChI is InChI=1S/C15H29N3/c1-4-6-8-10-12-15-16-14(3)17-18(15)13-11-9-7-5-2/h4-13H2,1-3H3. The number of unbranched alkanes of at least 4 members (excludes halogenated alkanes) is 6. The van der Waals surface area contributed by atoms with Crippen molar-refractivity contribution in [3.8, 4) is 0 Å². The number of nitrogens with zero attached hydrogens (tertiary/aromatic N) is 3. The molecule has 18 heavy (non-hydrogen) atoms. The molecule has 0 saturated heterocycles. The van der Waals surface area contributed by atoms with Crippen LogP contribution in [0, 0.1) is 6.92 Å². The normalized spacial score (nSPS) is 11.1. The summed E-state index contributed by atoms with van der Waals surface area (Å²) >= 11 is 0. The highest BCUT2D eigenvalue weighted by Gasteiger charge is 2.06. The molecular formula is C15H29N3. The summed E-state index contributed by atoms with van der Waals surface area (Å²) in [4.78, 5) is 4.56. The Balaban J connectivity index is 2.36. The van der Waals surface area contributed by atoms with Crippen LogP contribution in [0.4, 0.5) is 0 Å². The quantitative estimate of drug-likeness (QED) is 0.581. The summed E-state index contributed by atoms with van der Waals surface area (Å²) in [6, 6.07) is 0. The van der Waals surface area contributed by atoms with Crippen LogP contribution in [0.5, 0.6) is 0 Å². The molecule has 0 amide bonds. The summed E-state index contributed by atoms with van der Waals surface area (Å²) in [6.07, 6.45) is 11.5. The summed E-state index contributed by atoms with van der Waals surface area (Å²) in [5.74, 6) is 2.12. The van der Waals surface area contributed by atoms with E-state index in [0.717, 1.165) is 18.8 Å². The highest BCUT2D eigenvalue weighted by molar-refractivity contribution is 4.91. The first-order valence-corrected chi connectivity index (χ1v) is 7.68. The van der Waals surface area contributed by atoms with E-state index in [1.54, 1.807) is 0 Å². The van der Waals surface area contributed by atoms with Crippen LogP contribution in [0.15, 0.2) is 0 Å². The van der Waals surface area contributed by atoms with E-state index in [9.17, 15) is 0 Å². The molecule has 0 aliphatic carbocycles. The average molecular weight is 251 g/mol. The first-order chi connectivity index (χ1) is 8.77. The second-order valence-corrected chi connectivity index (χ2v) is 5.17. The molecule has 1 aromatic rings. The zero-order valence-corrected chi connectivity index (χ0v) is 12.4. The minimum absolute atomic E-state index is 0.927. The highest BCUT2D eigenvalue weighted by atomic mass is 15.3. The predicted octanol–water partition coefficient (Wildman–Crippen LogP) is 4.29. The Kier molecular flexibility index (Phi) is 7.70. The highest BCUT2D eigenvalue weighted by Crippen LogP contribution is 2.09. The third-order valence-corrected chi connectivity index (χ3v) is 3.33. The SMILES string of the molecule is CCCCCCc1nc(C)nn1CCCCCC. The summed E-state index contributed by atoms with van der Waals surface area (Å²) in [7, 11) is 0. The first-order valence-electron chi connectivity index (χ1n) is 7.68. The van der Waals surface area contributed by atoms with E-state index >= 15 is 0 Å². The molecule has 0 saturated carbocycles. The van der Waals surface area contributed by atoms with Crippen LogP contribution in [0.2, 0.25) is 0 Å². The van der Waals surface area contributed by atoms with Crippen LogP contribution in [0.3, 0.4) is 0 Å². The van der Waals surface area contributed by atoms with Gasteiger partial charge in [-0.25, -0.2) is 9.67 Å². The minimum Gasteiger partial charge on any atom is -0.250 e. The molecule has 0 N–H and O–H groups in total. The number of hydrogen-bond donors (Lipinski definition) is 0. The molecule has 1 aromatic heterocycles. The van der Waals surface area contributed by atoms with E-state index < -0.39 is 0 Å². The molecule has 0 bridgehead atoms. The van der Waals surface area contributed by atoms with E-state index in [2.05, 4.69) is 28.6 Å². The molecule has 104 valence electrons. The first kappa shape index (κ1) is 15.2. The van der Waals surface area contributed by atoms with Crippen LogP contribution >= 0.6 is 0 Å². The van der Waals surface area contributed by atoms with Gasteiger partial charge in [0.05, 0.1) is 0 Å². The van der Waals surface area contributed by atoms with E-state index in [1.165, 1.54) is 57.2 Å². The largest absolute Gasteiger partial charge is 0.250 e. The molecule has 0 radical (unpaired) electrons. The Labute approximate surface area is 112 Å². The van der Waals surface area contributed by atoms with Crippen molar-refractivity contribution in [2.45, 2.75) is 85.1 Å². The lowest BCUT2D eigenvalue weighted by molar-refractivity contribution is 0.512. The van der Waals surface area contributed by atoms with E-state index in [-0.39, 0.29) is 0 Å². The molecule has 0 spiro atoms. The third-order valence-electron chi connectivity index (χ3n) is 3.33. The van der Waals surface area contributed by atoms with Crippen molar-refractivity contribution < 1.29 is 0 Å². The fourth-order valence-corrected chi connectivity index (χ4v) is 2.26. The smallest absolute Gasteiger partial charge is 0.147 e. The summed E-state index contributed by atoms with van der Waals surface area (Å²) in [5.41, 5.74) is 0. The van der Waals surface area contributed by atoms with Crippen molar-refractivity contribution in [2.24, 2.45) is 0 Å². The van der Waals surface area contributed by atoms with E-state index in [4.69, 9.17) is 0 Å². The van der Waals surface area contributed by atoms with Crippen molar-refractivity contribution >= 4 is 0 Å². The van der Waals surface area contributed by atoms with Crippen LogP contribution < -0.4 is 0 Å². The third kappa shape index (κ3) is 5.65. The molecule has 0 fully saturated rings. The summed E-state index contributed by atoms with van der Waals surface area (Å²) < 4.78 is 2.14. The topological polar surface area (TPSA) is 30.7 Å². The Morgan fingerprint density at radius 3 is 2.22 bits per heavy atom. The van der Waals surface area contributed by atoms with Crippen LogP contribution in [0.1, 0.15) is 76.9 Å². The van der Waals surface area contributed by atoms with Gasteiger partial charge in [-0.05, 0) is 19.8 Å². The molecule has 0 atom stereocenters. The van der Waals surface area contributed by atoms with Crippen molar-refractivity contribution in [2.75, 3.05) is 0 Å². The van der Waals surface area contributed by atoms with Gasteiger partial charge >= 0.3 is 0 Å². The maximum atomic E-state index is 4.56. The van der Waals surface area contributed by atoms with Gasteiger partial charge < -0.3 is 0 Å². The fourth-order valence-electron chi connectivity index (χ4n) is 2.26. The molecule has 3 heteroatoms. The second-order valence-electron chi connectivity index (χ2n) is 5.17. The molecule has 0 aliphatic heterocycles. The molecule has 1 heterocycles. The Bertz CT molecular complexity index is 288. The molecule has 0 aromatic carbocycles. The Morgan fingerprint density at radius 2 is 1.56 bits per heavy atom. The maximum Gasteiger partial charge on any atom is 0.147 e. The molecule has 0 aliphatic rings. The van der Waals surface area contributed by atoms with E-state index in [1.807, 2.05) is 6.92 Å². The second kappa shape index (κ2) is 9.12. The van der Waals surface area contributed by atoms with Gasteiger partial charge in [0.1, 0.15) is 11.6 Å².